The minimum Gasteiger partial charge on any atom is -0.461 e. The normalized spacial score (nSPS) is 11.2. The maximum atomic E-state index is 12.2. The maximum Gasteiger partial charge on any atom is 0.407 e. The number of nitrogens with one attached hydrogen (secondary N) is 1. The van der Waals surface area contributed by atoms with Gasteiger partial charge in [0.05, 0.1) is 5.92 Å². The molecular formula is C21H23NO4. The lowest BCUT2D eigenvalue weighted by atomic mass is 9.99. The molecule has 1 atom stereocenters. The molecule has 0 heterocycles. The molecule has 26 heavy (non-hydrogen) atoms. The molecule has 0 aliphatic rings. The van der Waals surface area contributed by atoms with E-state index in [9.17, 15) is 9.59 Å². The summed E-state index contributed by atoms with van der Waals surface area (Å²) in [6, 6.07) is 19.0. The molecule has 2 rings (SSSR count). The largest absolute Gasteiger partial charge is 0.461 e. The second-order valence-electron chi connectivity index (χ2n) is 5.75. The van der Waals surface area contributed by atoms with Crippen LogP contribution in [0.15, 0.2) is 73.3 Å². The van der Waals surface area contributed by atoms with Crippen LogP contribution in [0.5, 0.6) is 0 Å². The van der Waals surface area contributed by atoms with Crippen molar-refractivity contribution in [3.8, 4) is 0 Å². The predicted molar refractivity (Wildman–Crippen MR) is 99.4 cm³/mol. The molecule has 0 aliphatic carbocycles. The van der Waals surface area contributed by atoms with E-state index in [4.69, 9.17) is 9.47 Å². The van der Waals surface area contributed by atoms with E-state index in [0.717, 1.165) is 11.1 Å². The van der Waals surface area contributed by atoms with Crippen molar-refractivity contribution in [1.82, 2.24) is 5.32 Å². The van der Waals surface area contributed by atoms with Gasteiger partial charge in [0.2, 0.25) is 0 Å². The van der Waals surface area contributed by atoms with Crippen molar-refractivity contribution >= 4 is 12.1 Å². The van der Waals surface area contributed by atoms with Gasteiger partial charge in [0.15, 0.2) is 0 Å². The molecule has 1 amide bonds. The second kappa shape index (κ2) is 10.7. The number of ether oxygens (including phenoxy) is 2. The van der Waals surface area contributed by atoms with Gasteiger partial charge >= 0.3 is 12.1 Å². The molecule has 1 N–H and O–H groups in total. The van der Waals surface area contributed by atoms with Crippen molar-refractivity contribution in [2.24, 2.45) is 5.92 Å². The highest BCUT2D eigenvalue weighted by Gasteiger charge is 2.21. The first-order valence-electron chi connectivity index (χ1n) is 8.45. The van der Waals surface area contributed by atoms with Crippen LogP contribution in [0.4, 0.5) is 4.79 Å². The van der Waals surface area contributed by atoms with Crippen molar-refractivity contribution < 1.29 is 19.1 Å². The van der Waals surface area contributed by atoms with Crippen LogP contribution < -0.4 is 5.32 Å². The van der Waals surface area contributed by atoms with Gasteiger partial charge in [0, 0.05) is 6.54 Å². The quantitative estimate of drug-likeness (QED) is 0.553. The predicted octanol–water partition coefficient (Wildman–Crippen LogP) is 3.50. The number of carbonyl (C=O) groups is 2. The van der Waals surface area contributed by atoms with Gasteiger partial charge in [-0.15, -0.1) is 0 Å². The molecule has 0 aromatic heterocycles. The summed E-state index contributed by atoms with van der Waals surface area (Å²) >= 11 is 0. The smallest absolute Gasteiger partial charge is 0.407 e. The van der Waals surface area contributed by atoms with Gasteiger partial charge in [-0.05, 0) is 17.5 Å². The van der Waals surface area contributed by atoms with Gasteiger partial charge in [-0.25, -0.2) is 4.79 Å². The monoisotopic (exact) mass is 353 g/mol. The van der Waals surface area contributed by atoms with Crippen LogP contribution in [0.25, 0.3) is 0 Å². The Kier molecular flexibility index (Phi) is 7.93. The first-order chi connectivity index (χ1) is 12.7. The average Bonchev–Trinajstić information content (AvgIpc) is 2.69. The Morgan fingerprint density at radius 1 is 0.962 bits per heavy atom. The first kappa shape index (κ1) is 19.2. The van der Waals surface area contributed by atoms with Crippen LogP contribution in [0.3, 0.4) is 0 Å². The van der Waals surface area contributed by atoms with Gasteiger partial charge < -0.3 is 14.8 Å². The van der Waals surface area contributed by atoms with Crippen LogP contribution in [-0.2, 0) is 27.3 Å². The third kappa shape index (κ3) is 6.81. The topological polar surface area (TPSA) is 64.6 Å². The van der Waals surface area contributed by atoms with Gasteiger partial charge in [0.25, 0.3) is 0 Å². The minimum atomic E-state index is -0.566. The molecule has 5 heteroatoms. The van der Waals surface area contributed by atoms with Crippen molar-refractivity contribution in [1.29, 1.82) is 0 Å². The number of hydrogen-bond acceptors (Lipinski definition) is 4. The highest BCUT2D eigenvalue weighted by Crippen LogP contribution is 2.10. The number of benzene rings is 2. The fourth-order valence-corrected chi connectivity index (χ4v) is 2.38. The summed E-state index contributed by atoms with van der Waals surface area (Å²) in [5.74, 6) is -0.876. The van der Waals surface area contributed by atoms with E-state index >= 15 is 0 Å². The summed E-state index contributed by atoms with van der Waals surface area (Å²) in [6.07, 6.45) is 1.41. The van der Waals surface area contributed by atoms with Gasteiger partial charge in [0.1, 0.15) is 13.2 Å². The third-order valence-electron chi connectivity index (χ3n) is 3.71. The van der Waals surface area contributed by atoms with Crippen LogP contribution in [0.2, 0.25) is 0 Å². The first-order valence-corrected chi connectivity index (χ1v) is 8.45. The number of esters is 1. The zero-order valence-corrected chi connectivity index (χ0v) is 14.6. The second-order valence-corrected chi connectivity index (χ2v) is 5.75. The number of alkyl carbamates (subject to hydrolysis) is 1. The zero-order chi connectivity index (χ0) is 18.6. The Bertz CT molecular complexity index is 700. The van der Waals surface area contributed by atoms with Crippen LogP contribution in [0.1, 0.15) is 11.1 Å². The molecule has 0 radical (unpaired) electrons. The van der Waals surface area contributed by atoms with E-state index in [2.05, 4.69) is 11.9 Å². The highest BCUT2D eigenvalue weighted by atomic mass is 16.5. The van der Waals surface area contributed by atoms with E-state index in [-0.39, 0.29) is 25.7 Å². The van der Waals surface area contributed by atoms with E-state index in [1.165, 1.54) is 6.08 Å². The zero-order valence-electron chi connectivity index (χ0n) is 14.6. The Morgan fingerprint density at radius 2 is 1.58 bits per heavy atom. The lowest BCUT2D eigenvalue weighted by Crippen LogP contribution is -2.35. The van der Waals surface area contributed by atoms with E-state index in [1.807, 2.05) is 60.7 Å². The van der Waals surface area contributed by atoms with Gasteiger partial charge in [-0.2, -0.15) is 0 Å². The number of hydrogen-bond donors (Lipinski definition) is 1. The average molecular weight is 353 g/mol. The standard InChI is InChI=1S/C21H23NO4/c1-2-13-25-20(23)19(14-17-9-5-3-6-10-17)15-22-21(24)26-16-18-11-7-4-8-12-18/h2-12,19H,1,13-16H2,(H,22,24)/t19-/m0/s1. The molecule has 0 unspecified atom stereocenters. The van der Waals surface area contributed by atoms with E-state index < -0.39 is 12.0 Å². The molecule has 0 aliphatic heterocycles. The number of rotatable bonds is 9. The minimum absolute atomic E-state index is 0.137. The SMILES string of the molecule is C=CCOC(=O)[C@H](CNC(=O)OCc1ccccc1)Cc1ccccc1. The molecular weight excluding hydrogens is 330 g/mol. The summed E-state index contributed by atoms with van der Waals surface area (Å²) in [5, 5.41) is 2.64. The molecule has 0 saturated heterocycles. The molecule has 0 spiro atoms. The summed E-state index contributed by atoms with van der Waals surface area (Å²) in [6.45, 7) is 3.99. The highest BCUT2D eigenvalue weighted by molar-refractivity contribution is 5.74. The summed E-state index contributed by atoms with van der Waals surface area (Å²) in [7, 11) is 0. The van der Waals surface area contributed by atoms with E-state index in [0.29, 0.717) is 6.42 Å². The van der Waals surface area contributed by atoms with Crippen LogP contribution in [0, 0.1) is 5.92 Å². The molecule has 0 bridgehead atoms. The lowest BCUT2D eigenvalue weighted by Gasteiger charge is -2.16. The van der Waals surface area contributed by atoms with Gasteiger partial charge in [-0.1, -0.05) is 73.3 Å². The van der Waals surface area contributed by atoms with E-state index in [1.54, 1.807) is 0 Å². The maximum absolute atomic E-state index is 12.2. The Morgan fingerprint density at radius 3 is 2.19 bits per heavy atom. The molecule has 2 aromatic carbocycles. The van der Waals surface area contributed by atoms with Crippen molar-refractivity contribution in [3.05, 3.63) is 84.4 Å². The Hall–Kier alpha value is -3.08. The Labute approximate surface area is 153 Å². The molecule has 0 fully saturated rings. The molecule has 136 valence electrons. The summed E-state index contributed by atoms with van der Waals surface area (Å²) in [4.78, 5) is 24.1. The third-order valence-corrected chi connectivity index (χ3v) is 3.71. The number of amides is 1. The summed E-state index contributed by atoms with van der Waals surface area (Å²) in [5.41, 5.74) is 1.89. The van der Waals surface area contributed by atoms with Crippen molar-refractivity contribution in [2.45, 2.75) is 13.0 Å². The Balaban J connectivity index is 1.87. The molecule has 2 aromatic rings. The molecule has 5 nitrogen and oxygen atoms in total. The van der Waals surface area contributed by atoms with Gasteiger partial charge in [-0.3, -0.25) is 4.79 Å². The van der Waals surface area contributed by atoms with Crippen LogP contribution >= 0.6 is 0 Å². The fraction of sp³-hybridized carbons (Fsp3) is 0.238. The summed E-state index contributed by atoms with van der Waals surface area (Å²) < 4.78 is 10.3. The van der Waals surface area contributed by atoms with Crippen LogP contribution in [-0.4, -0.2) is 25.2 Å². The fourth-order valence-electron chi connectivity index (χ4n) is 2.38. The van der Waals surface area contributed by atoms with Crippen molar-refractivity contribution in [3.63, 3.8) is 0 Å². The lowest BCUT2D eigenvalue weighted by molar-refractivity contribution is -0.147. The molecule has 0 saturated carbocycles. The van der Waals surface area contributed by atoms with Crippen molar-refractivity contribution in [2.75, 3.05) is 13.2 Å². The number of carbonyl (C=O) groups excluding carboxylic acids is 2.